The number of rotatable bonds is 6. The van der Waals surface area contributed by atoms with Crippen molar-refractivity contribution < 1.29 is 4.74 Å². The van der Waals surface area contributed by atoms with E-state index in [1.54, 1.807) is 0 Å². The van der Waals surface area contributed by atoms with Crippen molar-refractivity contribution in [3.05, 3.63) is 0 Å². The third-order valence-electron chi connectivity index (χ3n) is 3.88. The Morgan fingerprint density at radius 3 is 2.50 bits per heavy atom. The molecule has 0 bridgehead atoms. The van der Waals surface area contributed by atoms with Crippen LogP contribution in [0.1, 0.15) is 65.7 Å². The van der Waals surface area contributed by atoms with Crippen LogP contribution in [0, 0.1) is 5.41 Å². The van der Waals surface area contributed by atoms with Crippen molar-refractivity contribution in [1.29, 1.82) is 0 Å². The lowest BCUT2D eigenvalue weighted by molar-refractivity contribution is 0.00243. The zero-order chi connectivity index (χ0) is 12.0. The van der Waals surface area contributed by atoms with Gasteiger partial charge in [-0.2, -0.15) is 0 Å². The van der Waals surface area contributed by atoms with Crippen molar-refractivity contribution in [2.75, 3.05) is 6.61 Å². The quantitative estimate of drug-likeness (QED) is 0.705. The molecule has 0 aromatic carbocycles. The summed E-state index contributed by atoms with van der Waals surface area (Å²) in [7, 11) is 0. The minimum absolute atomic E-state index is 0.369. The minimum atomic E-state index is 0.369. The fraction of sp³-hybridized carbons (Fsp3) is 1.00. The van der Waals surface area contributed by atoms with Crippen LogP contribution in [0.3, 0.4) is 0 Å². The Hall–Kier alpha value is -0.0800. The van der Waals surface area contributed by atoms with Gasteiger partial charge in [0.2, 0.25) is 0 Å². The fourth-order valence-electron chi connectivity index (χ4n) is 2.34. The molecule has 1 atom stereocenters. The topological polar surface area (TPSA) is 35.2 Å². The molecule has 1 saturated carbocycles. The molecule has 0 saturated heterocycles. The minimum Gasteiger partial charge on any atom is -0.378 e. The van der Waals surface area contributed by atoms with E-state index in [1.165, 1.54) is 25.7 Å². The first kappa shape index (κ1) is 14.0. The molecular formula is C14H29NO. The van der Waals surface area contributed by atoms with Gasteiger partial charge in [0, 0.05) is 12.6 Å². The monoisotopic (exact) mass is 227 g/mol. The molecule has 2 N–H and O–H groups in total. The fourth-order valence-corrected chi connectivity index (χ4v) is 2.34. The summed E-state index contributed by atoms with van der Waals surface area (Å²) < 4.78 is 5.92. The maximum absolute atomic E-state index is 5.92. The van der Waals surface area contributed by atoms with Gasteiger partial charge in [0.1, 0.15) is 0 Å². The van der Waals surface area contributed by atoms with Crippen LogP contribution in [0.15, 0.2) is 0 Å². The second-order valence-electron chi connectivity index (χ2n) is 6.04. The summed E-state index contributed by atoms with van der Waals surface area (Å²) in [5.74, 6) is 0. The number of hydrogen-bond acceptors (Lipinski definition) is 2. The third kappa shape index (κ3) is 5.31. The van der Waals surface area contributed by atoms with E-state index >= 15 is 0 Å². The predicted molar refractivity (Wildman–Crippen MR) is 69.5 cm³/mol. The van der Waals surface area contributed by atoms with E-state index in [4.69, 9.17) is 10.5 Å². The molecular weight excluding hydrogens is 198 g/mol. The zero-order valence-electron chi connectivity index (χ0n) is 11.3. The molecule has 1 fully saturated rings. The summed E-state index contributed by atoms with van der Waals surface area (Å²) in [6, 6.07) is 0.369. The maximum Gasteiger partial charge on any atom is 0.0575 e. The largest absolute Gasteiger partial charge is 0.378 e. The van der Waals surface area contributed by atoms with Crippen LogP contribution in [-0.4, -0.2) is 18.8 Å². The Kier molecular flexibility index (Phi) is 5.77. The molecule has 16 heavy (non-hydrogen) atoms. The van der Waals surface area contributed by atoms with Crippen LogP contribution in [0.25, 0.3) is 0 Å². The molecule has 2 nitrogen and oxygen atoms in total. The number of ether oxygens (including phenoxy) is 1. The first-order chi connectivity index (χ1) is 7.53. The van der Waals surface area contributed by atoms with Crippen LogP contribution in [-0.2, 0) is 4.74 Å². The summed E-state index contributed by atoms with van der Waals surface area (Å²) in [6.07, 6.45) is 8.94. The summed E-state index contributed by atoms with van der Waals surface area (Å²) in [5, 5.41) is 0. The van der Waals surface area contributed by atoms with Crippen LogP contribution >= 0.6 is 0 Å². The lowest BCUT2D eigenvalue weighted by atomic mass is 9.76. The van der Waals surface area contributed by atoms with Gasteiger partial charge in [-0.1, -0.05) is 20.8 Å². The Morgan fingerprint density at radius 1 is 1.31 bits per heavy atom. The maximum atomic E-state index is 5.92. The second kappa shape index (κ2) is 6.61. The second-order valence-corrected chi connectivity index (χ2v) is 6.04. The Labute approximate surface area is 101 Å². The Bertz CT molecular complexity index is 181. The van der Waals surface area contributed by atoms with Gasteiger partial charge in [0.05, 0.1) is 6.10 Å². The molecule has 96 valence electrons. The number of nitrogens with two attached hydrogens (primary N) is 1. The molecule has 0 amide bonds. The average molecular weight is 227 g/mol. The van der Waals surface area contributed by atoms with E-state index in [1.807, 2.05) is 0 Å². The average Bonchev–Trinajstić information content (AvgIpc) is 2.26. The van der Waals surface area contributed by atoms with Gasteiger partial charge in [0.25, 0.3) is 0 Å². The van der Waals surface area contributed by atoms with E-state index in [2.05, 4.69) is 20.8 Å². The lowest BCUT2D eigenvalue weighted by Crippen LogP contribution is -2.27. The summed E-state index contributed by atoms with van der Waals surface area (Å²) in [5.41, 5.74) is 6.42. The molecule has 0 heterocycles. The van der Waals surface area contributed by atoms with Gasteiger partial charge >= 0.3 is 0 Å². The van der Waals surface area contributed by atoms with Crippen molar-refractivity contribution in [3.63, 3.8) is 0 Å². The van der Waals surface area contributed by atoms with Gasteiger partial charge in [-0.3, -0.25) is 0 Å². The van der Waals surface area contributed by atoms with E-state index < -0.39 is 0 Å². The SMILES string of the molecule is CCC(N)CCCOC1CCC(C)(C)CC1. The molecule has 0 spiro atoms. The molecule has 0 aromatic heterocycles. The van der Waals surface area contributed by atoms with Gasteiger partial charge in [-0.15, -0.1) is 0 Å². The normalized spacial score (nSPS) is 23.2. The molecule has 1 aliphatic carbocycles. The summed E-state index contributed by atoms with van der Waals surface area (Å²) in [4.78, 5) is 0. The zero-order valence-corrected chi connectivity index (χ0v) is 11.3. The Balaban J connectivity index is 2.02. The van der Waals surface area contributed by atoms with E-state index in [0.717, 1.165) is 25.9 Å². The van der Waals surface area contributed by atoms with Gasteiger partial charge in [-0.25, -0.2) is 0 Å². The summed E-state index contributed by atoms with van der Waals surface area (Å²) >= 11 is 0. The molecule has 0 aromatic rings. The first-order valence-electron chi connectivity index (χ1n) is 6.90. The van der Waals surface area contributed by atoms with Gasteiger partial charge in [0.15, 0.2) is 0 Å². The van der Waals surface area contributed by atoms with Crippen LogP contribution in [0.5, 0.6) is 0 Å². The van der Waals surface area contributed by atoms with Crippen molar-refractivity contribution in [1.82, 2.24) is 0 Å². The molecule has 0 aliphatic heterocycles. The van der Waals surface area contributed by atoms with Crippen LogP contribution < -0.4 is 5.73 Å². The van der Waals surface area contributed by atoms with Crippen molar-refractivity contribution >= 4 is 0 Å². The highest BCUT2D eigenvalue weighted by molar-refractivity contribution is 4.78. The third-order valence-corrected chi connectivity index (χ3v) is 3.88. The van der Waals surface area contributed by atoms with Gasteiger partial charge in [-0.05, 0) is 50.4 Å². The first-order valence-corrected chi connectivity index (χ1v) is 6.90. The van der Waals surface area contributed by atoms with E-state index in [0.29, 0.717) is 17.6 Å². The molecule has 1 rings (SSSR count). The van der Waals surface area contributed by atoms with Crippen LogP contribution in [0.2, 0.25) is 0 Å². The molecule has 2 heteroatoms. The van der Waals surface area contributed by atoms with E-state index in [9.17, 15) is 0 Å². The van der Waals surface area contributed by atoms with Gasteiger partial charge < -0.3 is 10.5 Å². The standard InChI is InChI=1S/C14H29NO/c1-4-12(15)6-5-11-16-13-7-9-14(2,3)10-8-13/h12-13H,4-11,15H2,1-3H3. The molecule has 0 radical (unpaired) electrons. The van der Waals surface area contributed by atoms with Crippen molar-refractivity contribution in [2.24, 2.45) is 11.1 Å². The van der Waals surface area contributed by atoms with Crippen molar-refractivity contribution in [2.45, 2.75) is 77.9 Å². The number of hydrogen-bond donors (Lipinski definition) is 1. The van der Waals surface area contributed by atoms with Crippen molar-refractivity contribution in [3.8, 4) is 0 Å². The molecule has 1 unspecified atom stereocenters. The van der Waals surface area contributed by atoms with E-state index in [-0.39, 0.29) is 0 Å². The molecule has 1 aliphatic rings. The van der Waals surface area contributed by atoms with Crippen LogP contribution in [0.4, 0.5) is 0 Å². The predicted octanol–water partition coefficient (Wildman–Crippen LogP) is 3.49. The highest BCUT2D eigenvalue weighted by atomic mass is 16.5. The Morgan fingerprint density at radius 2 is 1.94 bits per heavy atom. The summed E-state index contributed by atoms with van der Waals surface area (Å²) in [6.45, 7) is 7.78. The smallest absolute Gasteiger partial charge is 0.0575 e. The lowest BCUT2D eigenvalue weighted by Gasteiger charge is -2.34. The highest BCUT2D eigenvalue weighted by Crippen LogP contribution is 2.36. The highest BCUT2D eigenvalue weighted by Gasteiger charge is 2.26.